The number of sulfonamides is 1. The number of hydrogen-bond acceptors (Lipinski definition) is 4. The van der Waals surface area contributed by atoms with E-state index in [2.05, 4.69) is 4.90 Å². The third kappa shape index (κ3) is 2.98. The standard InChI is InChI=1S/C18H24N2O4S/c21-18(22)14-10-13-4-1-2-6-16(13)17(11-14)25(23,24)20-9-8-19-7-3-5-15(19)12-20/h10-11,15H,1-9,12H2,(H,21,22). The zero-order valence-electron chi connectivity index (χ0n) is 14.3. The number of nitrogens with zero attached hydrogens (tertiary/aromatic N) is 2. The molecule has 25 heavy (non-hydrogen) atoms. The molecule has 0 aromatic heterocycles. The van der Waals surface area contributed by atoms with Crippen molar-refractivity contribution >= 4 is 16.0 Å². The number of aromatic carboxylic acids is 1. The topological polar surface area (TPSA) is 77.9 Å². The third-order valence-electron chi connectivity index (χ3n) is 5.84. The molecule has 1 aromatic rings. The van der Waals surface area contributed by atoms with Gasteiger partial charge in [-0.1, -0.05) is 0 Å². The molecule has 2 heterocycles. The number of carboxylic acid groups (broad SMARTS) is 1. The van der Waals surface area contributed by atoms with Crippen LogP contribution >= 0.6 is 0 Å². The Morgan fingerprint density at radius 1 is 1.08 bits per heavy atom. The van der Waals surface area contributed by atoms with Gasteiger partial charge in [0.25, 0.3) is 0 Å². The summed E-state index contributed by atoms with van der Waals surface area (Å²) in [4.78, 5) is 14.1. The Balaban J connectivity index is 1.74. The first kappa shape index (κ1) is 17.0. The quantitative estimate of drug-likeness (QED) is 0.884. The van der Waals surface area contributed by atoms with Crippen LogP contribution in [0.15, 0.2) is 17.0 Å². The van der Waals surface area contributed by atoms with Crippen LogP contribution in [0.1, 0.15) is 47.2 Å². The summed E-state index contributed by atoms with van der Waals surface area (Å²) in [5.74, 6) is -1.06. The molecule has 7 heteroatoms. The van der Waals surface area contributed by atoms with Crippen molar-refractivity contribution in [1.82, 2.24) is 9.21 Å². The maximum absolute atomic E-state index is 13.3. The lowest BCUT2D eigenvalue weighted by molar-refractivity contribution is 0.0696. The summed E-state index contributed by atoms with van der Waals surface area (Å²) >= 11 is 0. The van der Waals surface area contributed by atoms with Crippen molar-refractivity contribution < 1.29 is 18.3 Å². The first-order chi connectivity index (χ1) is 12.0. The zero-order valence-corrected chi connectivity index (χ0v) is 15.1. The van der Waals surface area contributed by atoms with E-state index >= 15 is 0 Å². The number of rotatable bonds is 3. The van der Waals surface area contributed by atoms with Crippen LogP contribution in [0.3, 0.4) is 0 Å². The van der Waals surface area contributed by atoms with E-state index in [1.807, 2.05) is 0 Å². The van der Waals surface area contributed by atoms with E-state index in [1.165, 1.54) is 6.07 Å². The predicted octanol–water partition coefficient (Wildman–Crippen LogP) is 1.73. The number of fused-ring (bicyclic) bond motifs is 2. The zero-order chi connectivity index (χ0) is 17.6. The molecule has 1 unspecified atom stereocenters. The maximum atomic E-state index is 13.3. The number of benzene rings is 1. The Kier molecular flexibility index (Phi) is 4.33. The number of carbonyl (C=O) groups is 1. The van der Waals surface area contributed by atoms with Gasteiger partial charge in [-0.2, -0.15) is 4.31 Å². The SMILES string of the molecule is O=C(O)c1cc2c(c(S(=O)(=O)N3CCN4CCCC4C3)c1)CCCC2. The van der Waals surface area contributed by atoms with Crippen molar-refractivity contribution in [3.8, 4) is 0 Å². The molecule has 2 fully saturated rings. The molecule has 1 atom stereocenters. The normalized spacial score (nSPS) is 24.7. The van der Waals surface area contributed by atoms with Gasteiger partial charge < -0.3 is 5.11 Å². The molecule has 0 spiro atoms. The summed E-state index contributed by atoms with van der Waals surface area (Å²) in [5.41, 5.74) is 1.81. The Morgan fingerprint density at radius 2 is 1.88 bits per heavy atom. The Morgan fingerprint density at radius 3 is 2.68 bits per heavy atom. The molecular weight excluding hydrogens is 340 g/mol. The summed E-state index contributed by atoms with van der Waals surface area (Å²) in [6.07, 6.45) is 5.58. The van der Waals surface area contributed by atoms with E-state index in [4.69, 9.17) is 0 Å². The summed E-state index contributed by atoms with van der Waals surface area (Å²) < 4.78 is 28.3. The predicted molar refractivity (Wildman–Crippen MR) is 93.4 cm³/mol. The molecule has 136 valence electrons. The van der Waals surface area contributed by atoms with Gasteiger partial charge in [-0.05, 0) is 68.3 Å². The lowest BCUT2D eigenvalue weighted by atomic mass is 9.90. The van der Waals surface area contributed by atoms with Crippen molar-refractivity contribution in [1.29, 1.82) is 0 Å². The highest BCUT2D eigenvalue weighted by Crippen LogP contribution is 2.33. The Bertz CT molecular complexity index is 806. The van der Waals surface area contributed by atoms with Crippen LogP contribution < -0.4 is 0 Å². The summed E-state index contributed by atoms with van der Waals surface area (Å²) in [6.45, 7) is 2.84. The van der Waals surface area contributed by atoms with E-state index in [0.717, 1.165) is 56.3 Å². The molecule has 2 aliphatic heterocycles. The maximum Gasteiger partial charge on any atom is 0.335 e. The molecule has 2 saturated heterocycles. The minimum atomic E-state index is -3.65. The monoisotopic (exact) mass is 364 g/mol. The van der Waals surface area contributed by atoms with Crippen molar-refractivity contribution in [3.63, 3.8) is 0 Å². The van der Waals surface area contributed by atoms with Crippen LogP contribution in [0, 0.1) is 0 Å². The lowest BCUT2D eigenvalue weighted by Gasteiger charge is -2.37. The van der Waals surface area contributed by atoms with Gasteiger partial charge >= 0.3 is 5.97 Å². The second kappa shape index (κ2) is 6.37. The lowest BCUT2D eigenvalue weighted by Crippen LogP contribution is -2.52. The van der Waals surface area contributed by atoms with Crippen LogP contribution in [-0.2, 0) is 22.9 Å². The molecule has 1 aliphatic carbocycles. The third-order valence-corrected chi connectivity index (χ3v) is 7.77. The summed E-state index contributed by atoms with van der Waals surface area (Å²) in [6, 6.07) is 3.34. The number of piperazine rings is 1. The number of aryl methyl sites for hydroxylation is 1. The van der Waals surface area contributed by atoms with E-state index < -0.39 is 16.0 Å². The van der Waals surface area contributed by atoms with Crippen molar-refractivity contribution in [2.24, 2.45) is 0 Å². The second-order valence-corrected chi connectivity index (χ2v) is 9.23. The first-order valence-electron chi connectivity index (χ1n) is 9.10. The average Bonchev–Trinajstić information content (AvgIpc) is 3.08. The molecule has 0 radical (unpaired) electrons. The minimum absolute atomic E-state index is 0.0822. The van der Waals surface area contributed by atoms with Crippen LogP contribution in [0.25, 0.3) is 0 Å². The Hall–Kier alpha value is -1.44. The van der Waals surface area contributed by atoms with Crippen LogP contribution in [0.5, 0.6) is 0 Å². The molecule has 6 nitrogen and oxygen atoms in total. The smallest absolute Gasteiger partial charge is 0.335 e. The van der Waals surface area contributed by atoms with E-state index in [9.17, 15) is 18.3 Å². The summed E-state index contributed by atoms with van der Waals surface area (Å²) in [5, 5.41) is 9.39. The van der Waals surface area contributed by atoms with Gasteiger partial charge in [-0.3, -0.25) is 4.90 Å². The fourth-order valence-electron chi connectivity index (χ4n) is 4.50. The van der Waals surface area contributed by atoms with Gasteiger partial charge in [0.2, 0.25) is 10.0 Å². The highest BCUT2D eigenvalue weighted by Gasteiger charge is 2.37. The fourth-order valence-corrected chi connectivity index (χ4v) is 6.29. The van der Waals surface area contributed by atoms with Crippen molar-refractivity contribution in [2.45, 2.75) is 49.5 Å². The fraction of sp³-hybridized carbons (Fsp3) is 0.611. The molecule has 1 aromatic carbocycles. The molecule has 0 saturated carbocycles. The molecular formula is C18H24N2O4S. The highest BCUT2D eigenvalue weighted by molar-refractivity contribution is 7.89. The van der Waals surface area contributed by atoms with Gasteiger partial charge in [0.15, 0.2) is 0 Å². The van der Waals surface area contributed by atoms with Crippen LogP contribution in [-0.4, -0.2) is 60.9 Å². The molecule has 0 amide bonds. The van der Waals surface area contributed by atoms with E-state index in [1.54, 1.807) is 10.4 Å². The van der Waals surface area contributed by atoms with Gasteiger partial charge in [-0.15, -0.1) is 0 Å². The van der Waals surface area contributed by atoms with Crippen LogP contribution in [0.4, 0.5) is 0 Å². The van der Waals surface area contributed by atoms with Crippen molar-refractivity contribution in [3.05, 3.63) is 28.8 Å². The average molecular weight is 364 g/mol. The number of hydrogen-bond donors (Lipinski definition) is 1. The first-order valence-corrected chi connectivity index (χ1v) is 10.5. The van der Waals surface area contributed by atoms with Gasteiger partial charge in [0.1, 0.15) is 0 Å². The minimum Gasteiger partial charge on any atom is -0.478 e. The van der Waals surface area contributed by atoms with E-state index in [0.29, 0.717) is 25.6 Å². The van der Waals surface area contributed by atoms with Gasteiger partial charge in [-0.25, -0.2) is 13.2 Å². The van der Waals surface area contributed by atoms with Gasteiger partial charge in [0.05, 0.1) is 10.5 Å². The Labute approximate surface area is 148 Å². The van der Waals surface area contributed by atoms with Crippen molar-refractivity contribution in [2.75, 3.05) is 26.2 Å². The molecule has 0 bridgehead atoms. The largest absolute Gasteiger partial charge is 0.478 e. The molecule has 3 aliphatic rings. The van der Waals surface area contributed by atoms with Crippen LogP contribution in [0.2, 0.25) is 0 Å². The van der Waals surface area contributed by atoms with Gasteiger partial charge in [0, 0.05) is 25.7 Å². The number of carboxylic acids is 1. The summed E-state index contributed by atoms with van der Waals surface area (Å²) in [7, 11) is -3.65. The second-order valence-electron chi connectivity index (χ2n) is 7.32. The van der Waals surface area contributed by atoms with E-state index in [-0.39, 0.29) is 10.5 Å². The molecule has 1 N–H and O–H groups in total. The highest BCUT2D eigenvalue weighted by atomic mass is 32.2. The molecule has 4 rings (SSSR count).